The minimum absolute atomic E-state index is 0.0854. The predicted octanol–water partition coefficient (Wildman–Crippen LogP) is 2.25. The first kappa shape index (κ1) is 22.8. The number of hydrogen-bond acceptors (Lipinski definition) is 8. The van der Waals surface area contributed by atoms with Crippen molar-refractivity contribution in [3.63, 3.8) is 0 Å². The smallest absolute Gasteiger partial charge is 0.322 e. The van der Waals surface area contributed by atoms with Crippen LogP contribution >= 0.6 is 0 Å². The number of benzene rings is 2. The highest BCUT2D eigenvalue weighted by atomic mass is 16.5. The minimum Gasteiger partial charge on any atom is -0.497 e. The molecule has 0 radical (unpaired) electrons. The molecule has 0 atom stereocenters. The van der Waals surface area contributed by atoms with Gasteiger partial charge in [0.05, 0.1) is 7.11 Å². The molecule has 1 fully saturated rings. The van der Waals surface area contributed by atoms with Crippen molar-refractivity contribution in [2.45, 2.75) is 6.92 Å². The second kappa shape index (κ2) is 10.0. The Hall–Kier alpha value is -4.41. The Balaban J connectivity index is 1.32. The van der Waals surface area contributed by atoms with Crippen molar-refractivity contribution >= 4 is 35.1 Å². The molecule has 0 spiro atoms. The summed E-state index contributed by atoms with van der Waals surface area (Å²) in [6.07, 6.45) is 0. The van der Waals surface area contributed by atoms with Crippen LogP contribution in [0.5, 0.6) is 5.75 Å². The Morgan fingerprint density at radius 1 is 0.882 bits per heavy atom. The van der Waals surface area contributed by atoms with E-state index in [4.69, 9.17) is 9.15 Å². The summed E-state index contributed by atoms with van der Waals surface area (Å²) in [5, 5.41) is 12.5. The molecule has 1 aliphatic heterocycles. The number of carbonyl (C=O) groups is 3. The molecule has 0 bridgehead atoms. The molecular formula is C23H24N6O5. The van der Waals surface area contributed by atoms with Crippen LogP contribution in [0.3, 0.4) is 0 Å². The minimum atomic E-state index is -0.597. The lowest BCUT2D eigenvalue weighted by atomic mass is 10.2. The number of aromatic nitrogens is 2. The highest BCUT2D eigenvalue weighted by molar-refractivity contribution is 6.04. The Labute approximate surface area is 195 Å². The lowest BCUT2D eigenvalue weighted by Crippen LogP contribution is -2.48. The summed E-state index contributed by atoms with van der Waals surface area (Å²) >= 11 is 0. The largest absolute Gasteiger partial charge is 0.497 e. The summed E-state index contributed by atoms with van der Waals surface area (Å²) in [7, 11) is 1.53. The van der Waals surface area contributed by atoms with Gasteiger partial charge in [-0.1, -0.05) is 5.10 Å². The van der Waals surface area contributed by atoms with Crippen LogP contribution < -0.4 is 20.3 Å². The van der Waals surface area contributed by atoms with E-state index in [1.54, 1.807) is 43.3 Å². The summed E-state index contributed by atoms with van der Waals surface area (Å²) in [6.45, 7) is 4.44. The van der Waals surface area contributed by atoms with E-state index < -0.39 is 11.8 Å². The van der Waals surface area contributed by atoms with Gasteiger partial charge in [0.1, 0.15) is 5.75 Å². The van der Waals surface area contributed by atoms with E-state index in [2.05, 4.69) is 25.7 Å². The maximum absolute atomic E-state index is 12.5. The third-order valence-electron chi connectivity index (χ3n) is 5.41. The maximum atomic E-state index is 12.5. The van der Waals surface area contributed by atoms with Crippen molar-refractivity contribution < 1.29 is 23.5 Å². The number of hydrogen-bond donors (Lipinski definition) is 2. The number of nitrogens with zero attached hydrogens (tertiary/aromatic N) is 4. The summed E-state index contributed by atoms with van der Waals surface area (Å²) in [5.41, 5.74) is 1.92. The summed E-state index contributed by atoms with van der Waals surface area (Å²) < 4.78 is 10.3. The van der Waals surface area contributed by atoms with Gasteiger partial charge in [-0.25, -0.2) is 0 Å². The highest BCUT2D eigenvalue weighted by Gasteiger charge is 2.20. The van der Waals surface area contributed by atoms with Crippen molar-refractivity contribution in [3.8, 4) is 5.75 Å². The molecule has 1 aliphatic rings. The first-order valence-corrected chi connectivity index (χ1v) is 10.6. The summed E-state index contributed by atoms with van der Waals surface area (Å²) in [6, 6.07) is 13.6. The van der Waals surface area contributed by atoms with Crippen LogP contribution in [0.15, 0.2) is 52.9 Å². The number of methoxy groups -OCH3 is 1. The van der Waals surface area contributed by atoms with Crippen molar-refractivity contribution in [3.05, 3.63) is 60.0 Å². The maximum Gasteiger partial charge on any atom is 0.322 e. The molecule has 4 rings (SSSR count). The van der Waals surface area contributed by atoms with E-state index in [9.17, 15) is 14.4 Å². The lowest BCUT2D eigenvalue weighted by Gasteiger charge is -2.35. The zero-order valence-electron chi connectivity index (χ0n) is 18.8. The van der Waals surface area contributed by atoms with Crippen molar-refractivity contribution in [1.29, 1.82) is 0 Å². The fraction of sp³-hybridized carbons (Fsp3) is 0.261. The SMILES string of the molecule is COc1ccc(C(=O)Nc2nnc(C(=O)Nc3ccc(N4CCN(C(C)=O)CC4)cc3)o2)cc1. The summed E-state index contributed by atoms with van der Waals surface area (Å²) in [5.74, 6) is -0.633. The molecule has 3 amide bonds. The van der Waals surface area contributed by atoms with E-state index in [1.165, 1.54) is 7.11 Å². The number of rotatable bonds is 6. The molecule has 11 nitrogen and oxygen atoms in total. The highest BCUT2D eigenvalue weighted by Crippen LogP contribution is 2.20. The predicted molar refractivity (Wildman–Crippen MR) is 124 cm³/mol. The second-order valence-corrected chi connectivity index (χ2v) is 7.59. The van der Waals surface area contributed by atoms with Gasteiger partial charge in [-0.3, -0.25) is 19.7 Å². The molecule has 3 aromatic rings. The van der Waals surface area contributed by atoms with Crippen LogP contribution in [0, 0.1) is 0 Å². The topological polar surface area (TPSA) is 130 Å². The average molecular weight is 464 g/mol. The number of piperazine rings is 1. The summed E-state index contributed by atoms with van der Waals surface area (Å²) in [4.78, 5) is 40.2. The number of anilines is 3. The second-order valence-electron chi connectivity index (χ2n) is 7.59. The third kappa shape index (κ3) is 5.31. The van der Waals surface area contributed by atoms with Gasteiger partial charge in [-0.2, -0.15) is 0 Å². The van der Waals surface area contributed by atoms with Crippen LogP contribution in [-0.2, 0) is 4.79 Å². The van der Waals surface area contributed by atoms with E-state index in [1.807, 2.05) is 17.0 Å². The van der Waals surface area contributed by atoms with Gasteiger partial charge in [0.15, 0.2) is 0 Å². The molecule has 2 heterocycles. The van der Waals surface area contributed by atoms with Gasteiger partial charge in [-0.15, -0.1) is 5.10 Å². The lowest BCUT2D eigenvalue weighted by molar-refractivity contribution is -0.129. The molecule has 2 aromatic carbocycles. The van der Waals surface area contributed by atoms with Crippen LogP contribution in [0.25, 0.3) is 0 Å². The third-order valence-corrected chi connectivity index (χ3v) is 5.41. The fourth-order valence-corrected chi connectivity index (χ4v) is 3.50. The monoisotopic (exact) mass is 464 g/mol. The molecular weight excluding hydrogens is 440 g/mol. The van der Waals surface area contributed by atoms with Crippen molar-refractivity contribution in [2.75, 3.05) is 48.8 Å². The molecule has 0 unspecified atom stereocenters. The van der Waals surface area contributed by atoms with E-state index in [0.717, 1.165) is 18.8 Å². The molecule has 1 saturated heterocycles. The molecule has 0 aliphatic carbocycles. The Kier molecular flexibility index (Phi) is 6.72. The first-order valence-electron chi connectivity index (χ1n) is 10.6. The van der Waals surface area contributed by atoms with Gasteiger partial charge in [0, 0.05) is 50.0 Å². The van der Waals surface area contributed by atoms with Crippen LogP contribution in [0.4, 0.5) is 17.4 Å². The molecule has 0 saturated carbocycles. The van der Waals surface area contributed by atoms with Gasteiger partial charge in [0.2, 0.25) is 5.91 Å². The number of amides is 3. The molecule has 2 N–H and O–H groups in total. The molecule has 34 heavy (non-hydrogen) atoms. The Morgan fingerprint density at radius 3 is 2.18 bits per heavy atom. The van der Waals surface area contributed by atoms with Crippen molar-refractivity contribution in [2.24, 2.45) is 0 Å². The van der Waals surface area contributed by atoms with Crippen LogP contribution in [-0.4, -0.2) is 66.1 Å². The van der Waals surface area contributed by atoms with Crippen LogP contribution in [0.2, 0.25) is 0 Å². The first-order chi connectivity index (χ1) is 16.4. The van der Waals surface area contributed by atoms with Gasteiger partial charge >= 0.3 is 17.8 Å². The molecule has 1 aromatic heterocycles. The number of nitrogens with one attached hydrogen (secondary N) is 2. The number of ether oxygens (including phenoxy) is 1. The van der Waals surface area contributed by atoms with Crippen LogP contribution in [0.1, 0.15) is 28.0 Å². The fourth-order valence-electron chi connectivity index (χ4n) is 3.50. The quantitative estimate of drug-likeness (QED) is 0.568. The normalized spacial score (nSPS) is 13.4. The molecule has 176 valence electrons. The number of carbonyl (C=O) groups excluding carboxylic acids is 3. The zero-order valence-corrected chi connectivity index (χ0v) is 18.8. The standard InChI is InChI=1S/C23H24N6O5/c1-15(30)28-11-13-29(14-12-28)18-7-5-17(6-8-18)24-21(32)22-26-27-23(34-22)25-20(31)16-3-9-19(33-2)10-4-16/h3-10H,11-14H2,1-2H3,(H,24,32)(H,25,27,31). The van der Waals surface area contributed by atoms with E-state index >= 15 is 0 Å². The Bertz CT molecular complexity index is 1170. The van der Waals surface area contributed by atoms with Gasteiger partial charge < -0.3 is 24.3 Å². The Morgan fingerprint density at radius 2 is 1.56 bits per heavy atom. The van der Waals surface area contributed by atoms with Gasteiger partial charge in [0.25, 0.3) is 5.91 Å². The zero-order chi connectivity index (χ0) is 24.1. The van der Waals surface area contributed by atoms with Crippen molar-refractivity contribution in [1.82, 2.24) is 15.1 Å². The van der Waals surface area contributed by atoms with E-state index in [0.29, 0.717) is 30.1 Å². The molecule has 11 heteroatoms. The van der Waals surface area contributed by atoms with Gasteiger partial charge in [-0.05, 0) is 48.5 Å². The van der Waals surface area contributed by atoms with E-state index in [-0.39, 0.29) is 17.8 Å². The average Bonchev–Trinajstić information content (AvgIpc) is 3.33.